The summed E-state index contributed by atoms with van der Waals surface area (Å²) in [6.07, 6.45) is -0.661. The Morgan fingerprint density at radius 2 is 1.76 bits per heavy atom. The number of hydrogen-bond acceptors (Lipinski definition) is 5. The topological polar surface area (TPSA) is 79.0 Å². The van der Waals surface area contributed by atoms with Crippen molar-refractivity contribution < 1.29 is 19.2 Å². The van der Waals surface area contributed by atoms with Crippen molar-refractivity contribution in [2.24, 2.45) is 0 Å². The lowest BCUT2D eigenvalue weighted by Crippen LogP contribution is -2.36. The number of nitrogens with zero attached hydrogens (tertiary/aromatic N) is 2. The maximum absolute atomic E-state index is 11.6. The van der Waals surface area contributed by atoms with Gasteiger partial charge in [0.1, 0.15) is 0 Å². The molecule has 7 heteroatoms. The molecule has 1 aromatic rings. The van der Waals surface area contributed by atoms with E-state index in [1.807, 2.05) is 43.3 Å². The molecule has 0 spiro atoms. The molecule has 0 aliphatic carbocycles. The summed E-state index contributed by atoms with van der Waals surface area (Å²) in [6.45, 7) is 0.253. The summed E-state index contributed by atoms with van der Waals surface area (Å²) < 4.78 is 0. The van der Waals surface area contributed by atoms with E-state index < -0.39 is 17.9 Å². The Kier molecular flexibility index (Phi) is 4.42. The van der Waals surface area contributed by atoms with Crippen LogP contribution in [0.3, 0.4) is 0 Å². The van der Waals surface area contributed by atoms with Gasteiger partial charge in [0.2, 0.25) is 0 Å². The van der Waals surface area contributed by atoms with E-state index in [-0.39, 0.29) is 19.4 Å². The van der Waals surface area contributed by atoms with Gasteiger partial charge in [-0.1, -0.05) is 12.1 Å². The molecular weight excluding hydrogens is 274 g/mol. The smallest absolute Gasteiger partial charge is 0.378 e. The Morgan fingerprint density at radius 3 is 2.29 bits per heavy atom. The van der Waals surface area contributed by atoms with Gasteiger partial charge in [0.25, 0.3) is 11.8 Å². The highest BCUT2D eigenvalue weighted by atomic mass is 16.7. The lowest BCUT2D eigenvalue weighted by Gasteiger charge is -2.14. The molecule has 0 aromatic heterocycles. The fourth-order valence-electron chi connectivity index (χ4n) is 1.86. The molecule has 3 amide bonds. The van der Waals surface area contributed by atoms with E-state index in [1.165, 1.54) is 0 Å². The predicted molar refractivity (Wildman–Crippen MR) is 75.2 cm³/mol. The maximum atomic E-state index is 11.6. The van der Waals surface area contributed by atoms with Crippen LogP contribution < -0.4 is 10.2 Å². The van der Waals surface area contributed by atoms with Crippen molar-refractivity contribution in [3.63, 3.8) is 0 Å². The van der Waals surface area contributed by atoms with E-state index in [2.05, 4.69) is 5.32 Å². The van der Waals surface area contributed by atoms with Crippen molar-refractivity contribution in [1.82, 2.24) is 10.4 Å². The average molecular weight is 291 g/mol. The molecule has 1 aliphatic heterocycles. The second-order valence-electron chi connectivity index (χ2n) is 4.88. The van der Waals surface area contributed by atoms with Gasteiger partial charge in [-0.3, -0.25) is 9.59 Å². The zero-order valence-corrected chi connectivity index (χ0v) is 12.0. The Hall–Kier alpha value is -2.57. The van der Waals surface area contributed by atoms with Crippen LogP contribution in [-0.4, -0.2) is 37.1 Å². The second-order valence-corrected chi connectivity index (χ2v) is 4.88. The van der Waals surface area contributed by atoms with Crippen molar-refractivity contribution >= 4 is 23.6 Å². The second kappa shape index (κ2) is 6.25. The Labute approximate surface area is 122 Å². The maximum Gasteiger partial charge on any atom is 0.432 e. The highest BCUT2D eigenvalue weighted by molar-refractivity contribution is 6.01. The number of hydroxylamine groups is 2. The third-order valence-electron chi connectivity index (χ3n) is 3.07. The largest absolute Gasteiger partial charge is 0.432 e. The highest BCUT2D eigenvalue weighted by Crippen LogP contribution is 2.13. The lowest BCUT2D eigenvalue weighted by molar-refractivity contribution is -0.171. The standard InChI is InChI=1S/C14H17N3O4/c1-16(2)11-5-3-10(4-6-11)9-15-14(20)21-17-12(18)7-8-13(17)19/h3-6H,7-9H2,1-2H3,(H,15,20). The fraction of sp³-hybridized carbons (Fsp3) is 0.357. The van der Waals surface area contributed by atoms with Crippen LogP contribution in [0.2, 0.25) is 0 Å². The van der Waals surface area contributed by atoms with E-state index in [1.54, 1.807) is 0 Å². The minimum Gasteiger partial charge on any atom is -0.378 e. The van der Waals surface area contributed by atoms with E-state index >= 15 is 0 Å². The number of benzene rings is 1. The molecule has 0 radical (unpaired) electrons. The zero-order chi connectivity index (χ0) is 15.4. The molecule has 0 atom stereocenters. The van der Waals surface area contributed by atoms with Gasteiger partial charge in [-0.05, 0) is 17.7 Å². The van der Waals surface area contributed by atoms with Gasteiger partial charge in [-0.2, -0.15) is 0 Å². The Balaban J connectivity index is 1.83. The number of nitrogens with one attached hydrogen (secondary N) is 1. The molecule has 2 rings (SSSR count). The van der Waals surface area contributed by atoms with Crippen LogP contribution in [0.4, 0.5) is 10.5 Å². The number of carbonyl (C=O) groups excluding carboxylic acids is 3. The molecule has 1 saturated heterocycles. The quantitative estimate of drug-likeness (QED) is 0.839. The van der Waals surface area contributed by atoms with E-state index in [4.69, 9.17) is 4.84 Å². The molecule has 1 fully saturated rings. The summed E-state index contributed by atoms with van der Waals surface area (Å²) in [5, 5.41) is 3.01. The predicted octanol–water partition coefficient (Wildman–Crippen LogP) is 1.04. The van der Waals surface area contributed by atoms with Crippen molar-refractivity contribution in [2.45, 2.75) is 19.4 Å². The van der Waals surface area contributed by atoms with Crippen LogP contribution >= 0.6 is 0 Å². The van der Waals surface area contributed by atoms with Crippen LogP contribution in [0, 0.1) is 0 Å². The summed E-state index contributed by atoms with van der Waals surface area (Å²) in [7, 11) is 3.88. The zero-order valence-electron chi connectivity index (χ0n) is 12.0. The van der Waals surface area contributed by atoms with E-state index in [9.17, 15) is 14.4 Å². The van der Waals surface area contributed by atoms with Gasteiger partial charge in [0.05, 0.1) is 0 Å². The normalized spacial score (nSPS) is 14.3. The summed E-state index contributed by atoms with van der Waals surface area (Å²) in [4.78, 5) is 40.8. The monoisotopic (exact) mass is 291 g/mol. The fourth-order valence-corrected chi connectivity index (χ4v) is 1.86. The van der Waals surface area contributed by atoms with E-state index in [0.29, 0.717) is 5.06 Å². The number of anilines is 1. The minimum atomic E-state index is -0.824. The van der Waals surface area contributed by atoms with Gasteiger partial charge in [0, 0.05) is 39.2 Å². The van der Waals surface area contributed by atoms with Gasteiger partial charge in [-0.15, -0.1) is 5.06 Å². The molecule has 112 valence electrons. The van der Waals surface area contributed by atoms with Gasteiger partial charge < -0.3 is 15.1 Å². The van der Waals surface area contributed by atoms with Crippen molar-refractivity contribution in [1.29, 1.82) is 0 Å². The van der Waals surface area contributed by atoms with E-state index in [0.717, 1.165) is 11.3 Å². The van der Waals surface area contributed by atoms with Gasteiger partial charge in [0.15, 0.2) is 0 Å². The van der Waals surface area contributed by atoms with Crippen molar-refractivity contribution in [3.8, 4) is 0 Å². The minimum absolute atomic E-state index is 0.0815. The molecule has 7 nitrogen and oxygen atoms in total. The molecule has 1 heterocycles. The van der Waals surface area contributed by atoms with Crippen LogP contribution in [0.5, 0.6) is 0 Å². The Morgan fingerprint density at radius 1 is 1.19 bits per heavy atom. The summed E-state index contributed by atoms with van der Waals surface area (Å²) in [5.41, 5.74) is 1.94. The van der Waals surface area contributed by atoms with Crippen molar-refractivity contribution in [3.05, 3.63) is 29.8 Å². The molecule has 0 unspecified atom stereocenters. The Bertz CT molecular complexity index is 538. The molecular formula is C14H17N3O4. The molecule has 1 aliphatic rings. The first-order valence-electron chi connectivity index (χ1n) is 6.55. The summed E-state index contributed by atoms with van der Waals surface area (Å²) in [5.74, 6) is -0.990. The molecule has 1 aromatic carbocycles. The lowest BCUT2D eigenvalue weighted by atomic mass is 10.2. The first-order valence-corrected chi connectivity index (χ1v) is 6.55. The van der Waals surface area contributed by atoms with Crippen LogP contribution in [-0.2, 0) is 21.0 Å². The number of hydrogen-bond donors (Lipinski definition) is 1. The third-order valence-corrected chi connectivity index (χ3v) is 3.07. The number of imide groups is 1. The highest BCUT2D eigenvalue weighted by Gasteiger charge is 2.32. The van der Waals surface area contributed by atoms with Crippen LogP contribution in [0.1, 0.15) is 18.4 Å². The number of rotatable bonds is 4. The number of carbonyl (C=O) groups is 3. The third kappa shape index (κ3) is 3.71. The SMILES string of the molecule is CN(C)c1ccc(CNC(=O)ON2C(=O)CCC2=O)cc1. The van der Waals surface area contributed by atoms with Crippen molar-refractivity contribution in [2.75, 3.05) is 19.0 Å². The first-order chi connectivity index (χ1) is 9.97. The van der Waals surface area contributed by atoms with Crippen LogP contribution in [0.25, 0.3) is 0 Å². The summed E-state index contributed by atoms with van der Waals surface area (Å²) >= 11 is 0. The molecule has 0 saturated carbocycles. The summed E-state index contributed by atoms with van der Waals surface area (Å²) in [6, 6.07) is 7.61. The van der Waals surface area contributed by atoms with Gasteiger partial charge in [-0.25, -0.2) is 4.79 Å². The average Bonchev–Trinajstić information content (AvgIpc) is 2.77. The van der Waals surface area contributed by atoms with Gasteiger partial charge >= 0.3 is 6.09 Å². The molecule has 21 heavy (non-hydrogen) atoms. The molecule has 1 N–H and O–H groups in total. The first kappa shape index (κ1) is 14.8. The number of amides is 3. The van der Waals surface area contributed by atoms with Crippen LogP contribution in [0.15, 0.2) is 24.3 Å². The molecule has 0 bridgehead atoms.